The summed E-state index contributed by atoms with van der Waals surface area (Å²) in [6.45, 7) is 2.85. The number of nitrogens with zero attached hydrogens (tertiary/aromatic N) is 4. The van der Waals surface area contributed by atoms with Crippen molar-refractivity contribution in [3.8, 4) is 11.3 Å². The number of nitrogen functional groups attached to an aromatic ring is 1. The molecule has 4 N–H and O–H groups in total. The number of likely N-dealkylation sites (tertiary alicyclic amines) is 1. The van der Waals surface area contributed by atoms with Gasteiger partial charge in [-0.3, -0.25) is 9.48 Å². The zero-order valence-corrected chi connectivity index (χ0v) is 15.9. The van der Waals surface area contributed by atoms with Gasteiger partial charge in [-0.2, -0.15) is 18.3 Å². The van der Waals surface area contributed by atoms with Crippen LogP contribution < -0.4 is 11.1 Å². The van der Waals surface area contributed by atoms with Crippen LogP contribution >= 0.6 is 0 Å². The average molecular weight is 424 g/mol. The van der Waals surface area contributed by atoms with Crippen LogP contribution in [0.5, 0.6) is 0 Å². The molecular weight excluding hydrogens is 405 g/mol. The molecule has 1 unspecified atom stereocenters. The zero-order valence-electron chi connectivity index (χ0n) is 15.9. The number of aryl methyl sites for hydroxylation is 1. The van der Waals surface area contributed by atoms with E-state index in [0.29, 0.717) is 25.3 Å². The molecule has 1 saturated heterocycles. The molecule has 1 fully saturated rings. The molecule has 2 aliphatic heterocycles. The van der Waals surface area contributed by atoms with E-state index >= 15 is 0 Å². The van der Waals surface area contributed by atoms with Crippen molar-refractivity contribution >= 4 is 17.8 Å². The third-order valence-corrected chi connectivity index (χ3v) is 5.65. The van der Waals surface area contributed by atoms with Crippen molar-refractivity contribution < 1.29 is 27.9 Å². The normalized spacial score (nSPS) is 18.1. The minimum absolute atomic E-state index is 0.208. The largest absolute Gasteiger partial charge is 0.465 e. The molecule has 0 aromatic carbocycles. The first-order chi connectivity index (χ1) is 14.0. The molecule has 1 atom stereocenters. The number of nitrogens with two attached hydrogens (primary N) is 1. The molecule has 0 radical (unpaired) electrons. The molecule has 2 aromatic heterocycles. The van der Waals surface area contributed by atoms with Crippen LogP contribution in [0.3, 0.4) is 0 Å². The Labute approximate surface area is 168 Å². The maximum absolute atomic E-state index is 13.1. The van der Waals surface area contributed by atoms with E-state index in [1.807, 2.05) is 0 Å². The van der Waals surface area contributed by atoms with E-state index in [2.05, 4.69) is 15.4 Å². The Morgan fingerprint density at radius 3 is 2.67 bits per heavy atom. The summed E-state index contributed by atoms with van der Waals surface area (Å²) in [6.07, 6.45) is -3.89. The van der Waals surface area contributed by atoms with E-state index in [1.165, 1.54) is 13.1 Å². The zero-order chi connectivity index (χ0) is 21.8. The molecule has 4 rings (SSSR count). The summed E-state index contributed by atoms with van der Waals surface area (Å²) >= 11 is 0. The number of hydrogen-bond donors (Lipinski definition) is 3. The van der Waals surface area contributed by atoms with Gasteiger partial charge in [-0.05, 0) is 25.5 Å². The summed E-state index contributed by atoms with van der Waals surface area (Å²) in [5.74, 6) is -0.912. The molecule has 160 valence electrons. The summed E-state index contributed by atoms with van der Waals surface area (Å²) in [5, 5.41) is 15.3. The second-order valence-corrected chi connectivity index (χ2v) is 7.69. The minimum atomic E-state index is -4.62. The Balaban J connectivity index is 1.55. The molecule has 30 heavy (non-hydrogen) atoms. The number of alkyl halides is 3. The van der Waals surface area contributed by atoms with Crippen molar-refractivity contribution in [2.75, 3.05) is 18.8 Å². The van der Waals surface area contributed by atoms with Crippen LogP contribution in [-0.2, 0) is 22.9 Å². The summed E-state index contributed by atoms with van der Waals surface area (Å²) < 4.78 is 41.1. The van der Waals surface area contributed by atoms with Crippen molar-refractivity contribution in [3.05, 3.63) is 29.6 Å². The monoisotopic (exact) mass is 424 g/mol. The first kappa shape index (κ1) is 20.0. The molecule has 2 aromatic rings. The van der Waals surface area contributed by atoms with E-state index < -0.39 is 29.7 Å². The number of carbonyl (C=O) groups is 2. The summed E-state index contributed by atoms with van der Waals surface area (Å²) in [4.78, 5) is 28.3. The Morgan fingerprint density at radius 2 is 2.03 bits per heavy atom. The van der Waals surface area contributed by atoms with E-state index in [9.17, 15) is 22.8 Å². The van der Waals surface area contributed by atoms with Gasteiger partial charge in [0.25, 0.3) is 0 Å². The van der Waals surface area contributed by atoms with E-state index in [4.69, 9.17) is 10.8 Å². The van der Waals surface area contributed by atoms with Crippen molar-refractivity contribution in [3.63, 3.8) is 0 Å². The Bertz CT molecular complexity index is 1030. The maximum Gasteiger partial charge on any atom is 0.419 e. The number of aromatic nitrogens is 3. The van der Waals surface area contributed by atoms with Gasteiger partial charge in [0.1, 0.15) is 11.9 Å². The van der Waals surface area contributed by atoms with Gasteiger partial charge in [0.05, 0.1) is 11.3 Å². The highest BCUT2D eigenvalue weighted by molar-refractivity contribution is 5.86. The van der Waals surface area contributed by atoms with Crippen LogP contribution in [0.15, 0.2) is 18.3 Å². The lowest BCUT2D eigenvalue weighted by atomic mass is 9.75. The second-order valence-electron chi connectivity index (χ2n) is 7.69. The van der Waals surface area contributed by atoms with Gasteiger partial charge in [-0.25, -0.2) is 9.78 Å². The van der Waals surface area contributed by atoms with Gasteiger partial charge in [-0.15, -0.1) is 0 Å². The van der Waals surface area contributed by atoms with Gasteiger partial charge in [0, 0.05) is 42.5 Å². The molecule has 9 nitrogen and oxygen atoms in total. The van der Waals surface area contributed by atoms with E-state index in [-0.39, 0.29) is 16.9 Å². The fourth-order valence-electron chi connectivity index (χ4n) is 4.13. The Morgan fingerprint density at radius 1 is 1.33 bits per heavy atom. The van der Waals surface area contributed by atoms with E-state index in [0.717, 1.165) is 18.2 Å². The fraction of sp³-hybridized carbons (Fsp3) is 0.444. The van der Waals surface area contributed by atoms with Crippen molar-refractivity contribution in [2.24, 2.45) is 0 Å². The van der Waals surface area contributed by atoms with Crippen molar-refractivity contribution in [2.45, 2.75) is 37.5 Å². The van der Waals surface area contributed by atoms with Crippen LogP contribution in [0.1, 0.15) is 24.6 Å². The number of pyridine rings is 1. The lowest BCUT2D eigenvalue weighted by Gasteiger charge is -2.48. The summed E-state index contributed by atoms with van der Waals surface area (Å²) in [7, 11) is 0. The van der Waals surface area contributed by atoms with Gasteiger partial charge < -0.3 is 21.1 Å². The standard InChI is InChI=1S/C18H19F3N6O3/c1-9(24-16(29)30)15(28)26-7-17(8-26)2-3-27-13(17)5-12(25-27)10-4-11(18(19,20)21)14(22)23-6-10/h4-6,9,24H,2-3,7-8H2,1H3,(H2,22,23)(H,29,30). The molecule has 12 heteroatoms. The lowest BCUT2D eigenvalue weighted by molar-refractivity contribution is -0.140. The molecule has 4 heterocycles. The SMILES string of the molecule is CC(NC(=O)O)C(=O)N1CC2(CCn3nc(-c4cnc(N)c(C(F)(F)F)c4)cc32)C1. The topological polar surface area (TPSA) is 126 Å². The predicted octanol–water partition coefficient (Wildman–Crippen LogP) is 1.69. The summed E-state index contributed by atoms with van der Waals surface area (Å²) in [6, 6.07) is 1.80. The minimum Gasteiger partial charge on any atom is -0.465 e. The number of nitrogens with one attached hydrogen (secondary N) is 1. The predicted molar refractivity (Wildman–Crippen MR) is 98.4 cm³/mol. The number of hydrogen-bond acceptors (Lipinski definition) is 5. The Hall–Kier alpha value is -3.31. The van der Waals surface area contributed by atoms with Crippen molar-refractivity contribution in [1.82, 2.24) is 25.0 Å². The molecular formula is C18H19F3N6O3. The number of halogens is 3. The smallest absolute Gasteiger partial charge is 0.419 e. The molecule has 1 spiro atoms. The highest BCUT2D eigenvalue weighted by atomic mass is 19.4. The molecule has 0 aliphatic carbocycles. The lowest BCUT2D eigenvalue weighted by Crippen LogP contribution is -2.63. The summed E-state index contributed by atoms with van der Waals surface area (Å²) in [5.41, 5.74) is 5.42. The number of fused-ring (bicyclic) bond motifs is 2. The van der Waals surface area contributed by atoms with Gasteiger partial charge in [-0.1, -0.05) is 0 Å². The first-order valence-electron chi connectivity index (χ1n) is 9.20. The molecule has 0 saturated carbocycles. The number of rotatable bonds is 3. The van der Waals surface area contributed by atoms with Gasteiger partial charge in [0.15, 0.2) is 0 Å². The highest BCUT2D eigenvalue weighted by Crippen LogP contribution is 2.44. The third-order valence-electron chi connectivity index (χ3n) is 5.65. The maximum atomic E-state index is 13.1. The van der Waals surface area contributed by atoms with Crippen LogP contribution in [0.4, 0.5) is 23.8 Å². The average Bonchev–Trinajstić information content (AvgIpc) is 3.17. The quantitative estimate of drug-likeness (QED) is 0.688. The van der Waals surface area contributed by atoms with Gasteiger partial charge >= 0.3 is 12.3 Å². The van der Waals surface area contributed by atoms with Gasteiger partial charge in [0.2, 0.25) is 5.91 Å². The van der Waals surface area contributed by atoms with Crippen molar-refractivity contribution in [1.29, 1.82) is 0 Å². The molecule has 0 bridgehead atoms. The van der Waals surface area contributed by atoms with Crippen LogP contribution in [0.25, 0.3) is 11.3 Å². The number of carbonyl (C=O) groups excluding carboxylic acids is 1. The number of amides is 2. The first-order valence-corrected chi connectivity index (χ1v) is 9.20. The van der Waals surface area contributed by atoms with Crippen LogP contribution in [0, 0.1) is 0 Å². The van der Waals surface area contributed by atoms with Crippen LogP contribution in [-0.4, -0.2) is 55.9 Å². The molecule has 2 amide bonds. The second kappa shape index (κ2) is 6.61. The third kappa shape index (κ3) is 3.21. The Kier molecular flexibility index (Phi) is 4.40. The molecule has 2 aliphatic rings. The number of anilines is 1. The van der Waals surface area contributed by atoms with E-state index in [1.54, 1.807) is 15.6 Å². The highest BCUT2D eigenvalue weighted by Gasteiger charge is 2.52. The van der Waals surface area contributed by atoms with Crippen LogP contribution in [0.2, 0.25) is 0 Å². The fourth-order valence-corrected chi connectivity index (χ4v) is 4.13. The number of carboxylic acid groups (broad SMARTS) is 1.